The molecule has 3 rings (SSSR count). The van der Waals surface area contributed by atoms with Gasteiger partial charge in [0, 0.05) is 12.7 Å². The largest absolute Gasteiger partial charge is 0.417 e. The van der Waals surface area contributed by atoms with Crippen LogP contribution < -0.4 is 0 Å². The van der Waals surface area contributed by atoms with E-state index in [0.717, 1.165) is 12.3 Å². The zero-order chi connectivity index (χ0) is 19.1. The first-order valence-corrected chi connectivity index (χ1v) is 8.19. The van der Waals surface area contributed by atoms with Gasteiger partial charge in [0.05, 0.1) is 41.8 Å². The van der Waals surface area contributed by atoms with Gasteiger partial charge in [0.25, 0.3) is 5.91 Å². The van der Waals surface area contributed by atoms with Crippen LogP contribution in [0.1, 0.15) is 35.5 Å². The van der Waals surface area contributed by atoms with Crippen LogP contribution in [0.3, 0.4) is 0 Å². The van der Waals surface area contributed by atoms with Crippen molar-refractivity contribution in [1.82, 2.24) is 19.7 Å². The molecule has 140 valence electrons. The summed E-state index contributed by atoms with van der Waals surface area (Å²) in [5.74, 6) is 0.0428. The van der Waals surface area contributed by atoms with Crippen LogP contribution in [0.4, 0.5) is 13.2 Å². The third kappa shape index (κ3) is 3.44. The lowest BCUT2D eigenvalue weighted by Crippen LogP contribution is -2.50. The lowest BCUT2D eigenvalue weighted by molar-refractivity contribution is -0.137. The van der Waals surface area contributed by atoms with Crippen molar-refractivity contribution in [3.8, 4) is 5.82 Å². The van der Waals surface area contributed by atoms with Crippen molar-refractivity contribution in [2.75, 3.05) is 13.2 Å². The van der Waals surface area contributed by atoms with E-state index in [1.54, 1.807) is 11.8 Å². The van der Waals surface area contributed by atoms with Gasteiger partial charge in [0.2, 0.25) is 0 Å². The van der Waals surface area contributed by atoms with E-state index in [0.29, 0.717) is 24.4 Å². The van der Waals surface area contributed by atoms with Crippen LogP contribution in [-0.4, -0.2) is 50.9 Å². The molecule has 9 heteroatoms. The third-order valence-corrected chi connectivity index (χ3v) is 4.40. The highest BCUT2D eigenvalue weighted by Crippen LogP contribution is 2.29. The molecule has 0 aliphatic carbocycles. The van der Waals surface area contributed by atoms with Gasteiger partial charge in [-0.2, -0.15) is 18.3 Å². The maximum atomic E-state index is 12.9. The fourth-order valence-electron chi connectivity index (χ4n) is 2.87. The molecule has 6 nitrogen and oxygen atoms in total. The van der Waals surface area contributed by atoms with Crippen LogP contribution in [0.5, 0.6) is 0 Å². The van der Waals surface area contributed by atoms with E-state index < -0.39 is 11.7 Å². The number of hydrogen-bond acceptors (Lipinski definition) is 4. The number of morpholine rings is 1. The molecule has 0 spiro atoms. The number of amides is 1. The molecule has 2 aromatic rings. The van der Waals surface area contributed by atoms with Crippen molar-refractivity contribution < 1.29 is 22.7 Å². The molecular weight excluding hydrogens is 349 g/mol. The summed E-state index contributed by atoms with van der Waals surface area (Å²) in [4.78, 5) is 18.4. The first-order valence-electron chi connectivity index (χ1n) is 8.19. The maximum absolute atomic E-state index is 12.9. The summed E-state index contributed by atoms with van der Waals surface area (Å²) in [6.07, 6.45) is -2.33. The summed E-state index contributed by atoms with van der Waals surface area (Å²) in [6.45, 7) is 6.42. The molecule has 3 heterocycles. The smallest absolute Gasteiger partial charge is 0.375 e. The van der Waals surface area contributed by atoms with E-state index in [9.17, 15) is 18.0 Å². The molecule has 0 saturated carbocycles. The molecule has 0 bridgehead atoms. The van der Waals surface area contributed by atoms with Gasteiger partial charge < -0.3 is 9.64 Å². The van der Waals surface area contributed by atoms with E-state index in [-0.39, 0.29) is 23.9 Å². The highest BCUT2D eigenvalue weighted by Gasteiger charge is 2.32. The van der Waals surface area contributed by atoms with E-state index in [4.69, 9.17) is 4.74 Å². The summed E-state index contributed by atoms with van der Waals surface area (Å²) >= 11 is 0. The van der Waals surface area contributed by atoms with E-state index in [2.05, 4.69) is 10.1 Å². The fraction of sp³-hybridized carbons (Fsp3) is 0.471. The molecule has 2 aromatic heterocycles. The van der Waals surface area contributed by atoms with Gasteiger partial charge in [-0.3, -0.25) is 4.79 Å². The number of ether oxygens (including phenoxy) is 1. The Morgan fingerprint density at radius 2 is 2.00 bits per heavy atom. The lowest BCUT2D eigenvalue weighted by atomic mass is 10.1. The van der Waals surface area contributed by atoms with Crippen LogP contribution in [0.15, 0.2) is 24.5 Å². The summed E-state index contributed by atoms with van der Waals surface area (Å²) in [5, 5.41) is 4.13. The van der Waals surface area contributed by atoms with Crippen molar-refractivity contribution >= 4 is 5.91 Å². The Kier molecular flexibility index (Phi) is 4.74. The molecule has 0 radical (unpaired) electrons. The highest BCUT2D eigenvalue weighted by molar-refractivity contribution is 5.95. The number of nitrogens with zero attached hydrogens (tertiary/aromatic N) is 4. The van der Waals surface area contributed by atoms with Gasteiger partial charge in [-0.15, -0.1) is 0 Å². The van der Waals surface area contributed by atoms with Crippen LogP contribution >= 0.6 is 0 Å². The molecule has 0 N–H and O–H groups in total. The monoisotopic (exact) mass is 368 g/mol. The Labute approximate surface area is 148 Å². The minimum Gasteiger partial charge on any atom is -0.375 e. The zero-order valence-electron chi connectivity index (χ0n) is 14.6. The maximum Gasteiger partial charge on any atom is 0.417 e. The van der Waals surface area contributed by atoms with Crippen LogP contribution in [0.25, 0.3) is 5.82 Å². The third-order valence-electron chi connectivity index (χ3n) is 4.40. The second-order valence-corrected chi connectivity index (χ2v) is 6.41. The van der Waals surface area contributed by atoms with E-state index in [1.807, 2.05) is 13.8 Å². The summed E-state index contributed by atoms with van der Waals surface area (Å²) in [6, 6.07) is 2.11. The van der Waals surface area contributed by atoms with Crippen molar-refractivity contribution in [3.63, 3.8) is 0 Å². The fourth-order valence-corrected chi connectivity index (χ4v) is 2.87. The minimum absolute atomic E-state index is 0.0536. The summed E-state index contributed by atoms with van der Waals surface area (Å²) < 4.78 is 44.9. The topological polar surface area (TPSA) is 60.3 Å². The number of carbonyl (C=O) groups excluding carboxylic acids is 1. The Bertz CT molecular complexity index is 801. The van der Waals surface area contributed by atoms with Crippen molar-refractivity contribution in [3.05, 3.63) is 41.3 Å². The number of aromatic nitrogens is 3. The normalized spacial score (nSPS) is 21.1. The van der Waals surface area contributed by atoms with Crippen molar-refractivity contribution in [2.24, 2.45) is 0 Å². The average Bonchev–Trinajstić information content (AvgIpc) is 2.97. The second-order valence-electron chi connectivity index (χ2n) is 6.41. The van der Waals surface area contributed by atoms with Gasteiger partial charge in [0.1, 0.15) is 0 Å². The van der Waals surface area contributed by atoms with Crippen LogP contribution in [0, 0.1) is 6.92 Å². The predicted molar refractivity (Wildman–Crippen MR) is 87.0 cm³/mol. The van der Waals surface area contributed by atoms with E-state index in [1.165, 1.54) is 16.9 Å². The molecule has 1 aliphatic heterocycles. The Morgan fingerprint density at radius 1 is 1.27 bits per heavy atom. The van der Waals surface area contributed by atoms with Crippen LogP contribution in [0.2, 0.25) is 0 Å². The SMILES string of the molecule is Cc1c(C(=O)N2CC(C)OCC2C)cnn1-c1ccc(C(F)(F)F)cn1. The molecule has 1 saturated heterocycles. The molecule has 1 fully saturated rings. The second kappa shape index (κ2) is 6.71. The molecular formula is C17H19F3N4O2. The number of rotatable bonds is 2. The van der Waals surface area contributed by atoms with Gasteiger partial charge in [-0.25, -0.2) is 9.67 Å². The first-order chi connectivity index (χ1) is 12.2. The van der Waals surface area contributed by atoms with Crippen LogP contribution in [-0.2, 0) is 10.9 Å². The number of hydrogen-bond donors (Lipinski definition) is 0. The molecule has 1 amide bonds. The number of carbonyl (C=O) groups is 1. The Hall–Kier alpha value is -2.42. The first kappa shape index (κ1) is 18.4. The van der Waals surface area contributed by atoms with Gasteiger partial charge >= 0.3 is 6.18 Å². The molecule has 2 unspecified atom stereocenters. The standard InChI is InChI=1S/C17H19F3N4O2/c1-10-9-26-11(2)8-23(10)16(25)14-7-22-24(12(14)3)15-5-4-13(6-21-15)17(18,19)20/h4-7,10-11H,8-9H2,1-3H3. The number of alkyl halides is 3. The van der Waals surface area contributed by atoms with Gasteiger partial charge in [-0.1, -0.05) is 0 Å². The molecule has 0 aromatic carbocycles. The molecule has 26 heavy (non-hydrogen) atoms. The van der Waals surface area contributed by atoms with E-state index >= 15 is 0 Å². The van der Waals surface area contributed by atoms with Gasteiger partial charge in [0.15, 0.2) is 5.82 Å². The zero-order valence-corrected chi connectivity index (χ0v) is 14.6. The quantitative estimate of drug-likeness (QED) is 0.818. The summed E-state index contributed by atoms with van der Waals surface area (Å²) in [7, 11) is 0. The lowest BCUT2D eigenvalue weighted by Gasteiger charge is -2.36. The number of halogens is 3. The highest BCUT2D eigenvalue weighted by atomic mass is 19.4. The van der Waals surface area contributed by atoms with Gasteiger partial charge in [-0.05, 0) is 32.9 Å². The Morgan fingerprint density at radius 3 is 2.62 bits per heavy atom. The predicted octanol–water partition coefficient (Wildman–Crippen LogP) is 2.84. The summed E-state index contributed by atoms with van der Waals surface area (Å²) in [5.41, 5.74) is 0.0831. The van der Waals surface area contributed by atoms with Crippen molar-refractivity contribution in [2.45, 2.75) is 39.1 Å². The minimum atomic E-state index is -4.45. The number of pyridine rings is 1. The molecule has 2 atom stereocenters. The molecule has 1 aliphatic rings. The van der Waals surface area contributed by atoms with Crippen molar-refractivity contribution in [1.29, 1.82) is 0 Å². The average molecular weight is 368 g/mol. The Balaban J connectivity index is 1.87.